The van der Waals surface area contributed by atoms with Crippen molar-refractivity contribution in [2.75, 3.05) is 13.1 Å². The van der Waals surface area contributed by atoms with Crippen LogP contribution in [0.1, 0.15) is 5.69 Å². The van der Waals surface area contributed by atoms with E-state index < -0.39 is 0 Å². The highest BCUT2D eigenvalue weighted by molar-refractivity contribution is 9.10. The smallest absolute Gasteiger partial charge is 0.242 e. The van der Waals surface area contributed by atoms with E-state index in [4.69, 9.17) is 0 Å². The minimum atomic E-state index is -0.128. The lowest BCUT2D eigenvalue weighted by molar-refractivity contribution is -0.141. The Morgan fingerprint density at radius 3 is 2.94 bits per heavy atom. The van der Waals surface area contributed by atoms with E-state index in [-0.39, 0.29) is 24.9 Å². The van der Waals surface area contributed by atoms with E-state index in [1.54, 1.807) is 6.20 Å². The number of hydrogen-bond donors (Lipinski definition) is 1. The molecule has 6 heteroatoms. The molecule has 2 rings (SSSR count). The normalized spacial score (nSPS) is 16.2. The maximum atomic E-state index is 11.5. The first-order valence-corrected chi connectivity index (χ1v) is 5.59. The molecule has 84 valence electrons. The van der Waals surface area contributed by atoms with Crippen molar-refractivity contribution in [3.63, 3.8) is 0 Å². The maximum Gasteiger partial charge on any atom is 0.242 e. The average Bonchev–Trinajstić information content (AvgIpc) is 2.27. The van der Waals surface area contributed by atoms with Crippen molar-refractivity contribution in [2.45, 2.75) is 6.54 Å². The molecule has 1 aliphatic rings. The number of piperazine rings is 1. The van der Waals surface area contributed by atoms with Gasteiger partial charge in [0.15, 0.2) is 0 Å². The van der Waals surface area contributed by atoms with Crippen LogP contribution in [0.25, 0.3) is 0 Å². The Kier molecular flexibility index (Phi) is 3.19. The van der Waals surface area contributed by atoms with Crippen LogP contribution in [0.15, 0.2) is 22.8 Å². The molecule has 0 aromatic carbocycles. The standard InChI is InChI=1S/C10H10BrN3O2/c11-7-1-2-8(12-3-7)5-14-6-9(15)13-4-10(14)16/h1-3H,4-6H2,(H,13,15). The number of halogens is 1. The minimum absolute atomic E-state index is 0.0787. The molecule has 2 amide bonds. The molecule has 1 aromatic heterocycles. The second-order valence-electron chi connectivity index (χ2n) is 3.49. The summed E-state index contributed by atoms with van der Waals surface area (Å²) >= 11 is 3.28. The lowest BCUT2D eigenvalue weighted by Crippen LogP contribution is -2.51. The van der Waals surface area contributed by atoms with Crippen LogP contribution in [0.5, 0.6) is 0 Å². The maximum absolute atomic E-state index is 11.5. The molecular weight excluding hydrogens is 274 g/mol. The summed E-state index contributed by atoms with van der Waals surface area (Å²) in [6, 6.07) is 3.68. The van der Waals surface area contributed by atoms with Crippen LogP contribution < -0.4 is 5.32 Å². The third-order valence-electron chi connectivity index (χ3n) is 2.27. The SMILES string of the molecule is O=C1CN(Cc2ccc(Br)cn2)C(=O)CN1. The molecule has 1 fully saturated rings. The second kappa shape index (κ2) is 4.61. The first-order valence-electron chi connectivity index (χ1n) is 4.80. The summed E-state index contributed by atoms with van der Waals surface area (Å²) in [6.07, 6.45) is 1.67. The summed E-state index contributed by atoms with van der Waals surface area (Å²) < 4.78 is 0.888. The average molecular weight is 284 g/mol. The molecule has 0 bridgehead atoms. The van der Waals surface area contributed by atoms with E-state index in [9.17, 15) is 9.59 Å². The molecule has 1 saturated heterocycles. The summed E-state index contributed by atoms with van der Waals surface area (Å²) in [6.45, 7) is 0.561. The lowest BCUT2D eigenvalue weighted by Gasteiger charge is -2.26. The zero-order valence-corrected chi connectivity index (χ0v) is 10.0. The van der Waals surface area contributed by atoms with Crippen molar-refractivity contribution < 1.29 is 9.59 Å². The van der Waals surface area contributed by atoms with E-state index in [0.29, 0.717) is 6.54 Å². The Hall–Kier alpha value is -1.43. The van der Waals surface area contributed by atoms with Gasteiger partial charge < -0.3 is 10.2 Å². The molecule has 2 heterocycles. The number of nitrogens with one attached hydrogen (secondary N) is 1. The number of nitrogens with zero attached hydrogens (tertiary/aromatic N) is 2. The van der Waals surface area contributed by atoms with Gasteiger partial charge in [-0.25, -0.2) is 0 Å². The topological polar surface area (TPSA) is 62.3 Å². The van der Waals surface area contributed by atoms with Gasteiger partial charge in [-0.3, -0.25) is 14.6 Å². The Balaban J connectivity index is 2.05. The number of rotatable bonds is 2. The second-order valence-corrected chi connectivity index (χ2v) is 4.41. The number of carbonyl (C=O) groups is 2. The van der Waals surface area contributed by atoms with Crippen molar-refractivity contribution in [3.8, 4) is 0 Å². The lowest BCUT2D eigenvalue weighted by atomic mass is 10.3. The van der Waals surface area contributed by atoms with E-state index in [1.165, 1.54) is 4.90 Å². The monoisotopic (exact) mass is 283 g/mol. The van der Waals surface area contributed by atoms with Crippen molar-refractivity contribution in [1.29, 1.82) is 0 Å². The molecule has 0 saturated carbocycles. The van der Waals surface area contributed by atoms with Gasteiger partial charge >= 0.3 is 0 Å². The van der Waals surface area contributed by atoms with E-state index >= 15 is 0 Å². The van der Waals surface area contributed by atoms with E-state index in [1.807, 2.05) is 12.1 Å². The van der Waals surface area contributed by atoms with E-state index in [2.05, 4.69) is 26.2 Å². The Labute approximate surface area is 101 Å². The third kappa shape index (κ3) is 2.57. The molecular formula is C10H10BrN3O2. The summed E-state index contributed by atoms with van der Waals surface area (Å²) in [5.41, 5.74) is 0.770. The van der Waals surface area contributed by atoms with Gasteiger partial charge in [0.05, 0.1) is 25.3 Å². The van der Waals surface area contributed by atoms with Crippen molar-refractivity contribution in [1.82, 2.24) is 15.2 Å². The first kappa shape index (κ1) is 11.1. The molecule has 5 nitrogen and oxygen atoms in total. The molecule has 0 spiro atoms. The minimum Gasteiger partial charge on any atom is -0.345 e. The summed E-state index contributed by atoms with van der Waals surface area (Å²) in [4.78, 5) is 28.3. The molecule has 1 aliphatic heterocycles. The number of hydrogen-bond acceptors (Lipinski definition) is 3. The third-order valence-corrected chi connectivity index (χ3v) is 2.73. The number of carbonyl (C=O) groups excluding carboxylic acids is 2. The molecule has 16 heavy (non-hydrogen) atoms. The molecule has 0 atom stereocenters. The van der Waals surface area contributed by atoms with Crippen molar-refractivity contribution in [3.05, 3.63) is 28.5 Å². The predicted molar refractivity (Wildman–Crippen MR) is 60.4 cm³/mol. The van der Waals surface area contributed by atoms with Gasteiger partial charge in [-0.15, -0.1) is 0 Å². The van der Waals surface area contributed by atoms with Crippen LogP contribution in [0.3, 0.4) is 0 Å². The summed E-state index contributed by atoms with van der Waals surface area (Å²) in [5.74, 6) is -0.207. The van der Waals surface area contributed by atoms with Gasteiger partial charge in [0, 0.05) is 10.7 Å². The zero-order valence-electron chi connectivity index (χ0n) is 8.44. The quantitative estimate of drug-likeness (QED) is 0.849. The highest BCUT2D eigenvalue weighted by Crippen LogP contribution is 2.09. The number of pyridine rings is 1. The van der Waals surface area contributed by atoms with E-state index in [0.717, 1.165) is 10.2 Å². The number of amides is 2. The fourth-order valence-electron chi connectivity index (χ4n) is 1.44. The van der Waals surface area contributed by atoms with Gasteiger partial charge in [0.1, 0.15) is 0 Å². The fourth-order valence-corrected chi connectivity index (χ4v) is 1.68. The molecule has 0 aliphatic carbocycles. The molecule has 0 radical (unpaired) electrons. The molecule has 1 aromatic rings. The van der Waals surface area contributed by atoms with Crippen LogP contribution >= 0.6 is 15.9 Å². The van der Waals surface area contributed by atoms with Crippen molar-refractivity contribution in [2.24, 2.45) is 0 Å². The van der Waals surface area contributed by atoms with Gasteiger partial charge in [-0.05, 0) is 28.1 Å². The first-order chi connectivity index (χ1) is 7.65. The fraction of sp³-hybridized carbons (Fsp3) is 0.300. The van der Waals surface area contributed by atoms with Gasteiger partial charge in [0.2, 0.25) is 11.8 Å². The number of aromatic nitrogens is 1. The van der Waals surface area contributed by atoms with Crippen LogP contribution in [-0.2, 0) is 16.1 Å². The van der Waals surface area contributed by atoms with Gasteiger partial charge in [-0.2, -0.15) is 0 Å². The molecule has 0 unspecified atom stereocenters. The largest absolute Gasteiger partial charge is 0.345 e. The Morgan fingerprint density at radius 1 is 1.44 bits per heavy atom. The highest BCUT2D eigenvalue weighted by Gasteiger charge is 2.23. The van der Waals surface area contributed by atoms with Crippen LogP contribution in [0, 0.1) is 0 Å². The van der Waals surface area contributed by atoms with Crippen molar-refractivity contribution >= 4 is 27.7 Å². The Morgan fingerprint density at radius 2 is 2.25 bits per heavy atom. The Bertz CT molecular complexity index is 419. The highest BCUT2D eigenvalue weighted by atomic mass is 79.9. The molecule has 1 N–H and O–H groups in total. The van der Waals surface area contributed by atoms with Gasteiger partial charge in [0.25, 0.3) is 0 Å². The zero-order chi connectivity index (χ0) is 11.5. The van der Waals surface area contributed by atoms with Gasteiger partial charge in [-0.1, -0.05) is 0 Å². The summed E-state index contributed by atoms with van der Waals surface area (Å²) in [5, 5.41) is 2.50. The predicted octanol–water partition coefficient (Wildman–Crippen LogP) is 0.303. The van der Waals surface area contributed by atoms with Crippen LogP contribution in [0.2, 0.25) is 0 Å². The summed E-state index contributed by atoms with van der Waals surface area (Å²) in [7, 11) is 0. The van der Waals surface area contributed by atoms with Crippen LogP contribution in [-0.4, -0.2) is 34.8 Å². The van der Waals surface area contributed by atoms with Crippen LogP contribution in [0.4, 0.5) is 0 Å².